The fourth-order valence-electron chi connectivity index (χ4n) is 1.24. The minimum absolute atomic E-state index is 0.0706. The Morgan fingerprint density at radius 2 is 2.12 bits per heavy atom. The summed E-state index contributed by atoms with van der Waals surface area (Å²) in [4.78, 5) is 14.0. The zero-order chi connectivity index (χ0) is 11.7. The summed E-state index contributed by atoms with van der Waals surface area (Å²) in [7, 11) is 0. The van der Waals surface area contributed by atoms with Gasteiger partial charge in [0.15, 0.2) is 0 Å². The average Bonchev–Trinajstić information content (AvgIpc) is 2.58. The quantitative estimate of drug-likeness (QED) is 0.865. The highest BCUT2D eigenvalue weighted by atomic mass is 35.5. The first-order valence-electron chi connectivity index (χ1n) is 4.20. The Morgan fingerprint density at radius 3 is 2.62 bits per heavy atom. The zero-order valence-corrected chi connectivity index (χ0v) is 10.1. The van der Waals surface area contributed by atoms with E-state index in [1.807, 2.05) is 0 Å². The van der Waals surface area contributed by atoms with Gasteiger partial charge in [-0.15, -0.1) is 11.3 Å². The highest BCUT2D eigenvalue weighted by Gasteiger charge is 2.10. The summed E-state index contributed by atoms with van der Waals surface area (Å²) in [5, 5.41) is 8.62. The van der Waals surface area contributed by atoms with Crippen molar-refractivity contribution < 1.29 is 0 Å². The molecule has 0 aliphatic carbocycles. The molecule has 0 saturated carbocycles. The van der Waals surface area contributed by atoms with Gasteiger partial charge in [-0.05, 0) is 18.2 Å². The largest absolute Gasteiger partial charge is 0.321 e. The van der Waals surface area contributed by atoms with Crippen LogP contribution in [-0.2, 0) is 0 Å². The Morgan fingerprint density at radius 1 is 1.38 bits per heavy atom. The average molecular weight is 271 g/mol. The summed E-state index contributed by atoms with van der Waals surface area (Å²) >= 11 is 13.0. The van der Waals surface area contributed by atoms with Crippen LogP contribution in [0.5, 0.6) is 0 Å². The van der Waals surface area contributed by atoms with Gasteiger partial charge in [-0.25, -0.2) is 0 Å². The molecule has 0 fully saturated rings. The molecule has 0 aliphatic heterocycles. The molecule has 0 saturated heterocycles. The predicted octanol–water partition coefficient (Wildman–Crippen LogP) is 3.28. The summed E-state index contributed by atoms with van der Waals surface area (Å²) in [5.41, 5.74) is 0.856. The van der Waals surface area contributed by atoms with Crippen LogP contribution in [0.25, 0.3) is 11.3 Å². The van der Waals surface area contributed by atoms with Crippen LogP contribution < -0.4 is 5.56 Å². The van der Waals surface area contributed by atoms with Gasteiger partial charge >= 0.3 is 0 Å². The number of rotatable bonds is 1. The Hall–Kier alpha value is -1.28. The maximum absolute atomic E-state index is 11.4. The number of H-pyrrole nitrogens is 1. The monoisotopic (exact) mass is 270 g/mol. The van der Waals surface area contributed by atoms with Gasteiger partial charge in [0.25, 0.3) is 5.56 Å². The van der Waals surface area contributed by atoms with Gasteiger partial charge in [0.1, 0.15) is 16.0 Å². The van der Waals surface area contributed by atoms with Gasteiger partial charge in [-0.2, -0.15) is 5.26 Å². The van der Waals surface area contributed by atoms with Crippen molar-refractivity contribution in [1.29, 1.82) is 5.26 Å². The molecule has 1 N–H and O–H groups in total. The molecule has 2 aromatic rings. The van der Waals surface area contributed by atoms with Gasteiger partial charge in [-0.3, -0.25) is 4.79 Å². The van der Waals surface area contributed by atoms with Gasteiger partial charge in [0, 0.05) is 5.56 Å². The molecule has 3 nitrogen and oxygen atoms in total. The van der Waals surface area contributed by atoms with E-state index >= 15 is 0 Å². The molecule has 6 heteroatoms. The highest BCUT2D eigenvalue weighted by molar-refractivity contribution is 7.20. The molecule has 2 aromatic heterocycles. The molecular weight excluding hydrogens is 267 g/mol. The lowest BCUT2D eigenvalue weighted by Gasteiger charge is -1.98. The molecule has 0 spiro atoms. The number of nitrogens with zero attached hydrogens (tertiary/aromatic N) is 1. The third-order valence-electron chi connectivity index (χ3n) is 1.98. The Bertz CT molecular complexity index is 639. The number of thiophene rings is 1. The lowest BCUT2D eigenvalue weighted by Crippen LogP contribution is -2.09. The van der Waals surface area contributed by atoms with Crippen LogP contribution in [0.3, 0.4) is 0 Å². The minimum Gasteiger partial charge on any atom is -0.321 e. The summed E-state index contributed by atoms with van der Waals surface area (Å²) in [6, 6.07) is 6.55. The van der Waals surface area contributed by atoms with Gasteiger partial charge in [-0.1, -0.05) is 23.2 Å². The van der Waals surface area contributed by atoms with Crippen molar-refractivity contribution >= 4 is 34.5 Å². The third-order valence-corrected chi connectivity index (χ3v) is 3.46. The first kappa shape index (κ1) is 11.2. The van der Waals surface area contributed by atoms with Crippen molar-refractivity contribution in [2.75, 3.05) is 0 Å². The summed E-state index contributed by atoms with van der Waals surface area (Å²) in [6.45, 7) is 0. The SMILES string of the molecule is N#Cc1ccc(-c2cc(Cl)sc2Cl)[nH]c1=O. The number of hydrogen-bond donors (Lipinski definition) is 1. The number of aromatic nitrogens is 1. The van der Waals surface area contributed by atoms with E-state index in [1.54, 1.807) is 18.2 Å². The molecule has 0 aromatic carbocycles. The van der Waals surface area contributed by atoms with Crippen molar-refractivity contribution in [1.82, 2.24) is 4.98 Å². The first-order chi connectivity index (χ1) is 7.61. The van der Waals surface area contributed by atoms with Gasteiger partial charge < -0.3 is 4.98 Å². The second kappa shape index (κ2) is 4.30. The standard InChI is InChI=1S/C10H4Cl2N2OS/c11-8-3-6(9(12)16-8)7-2-1-5(4-13)10(15)14-7/h1-3H,(H,14,15). The predicted molar refractivity (Wildman–Crippen MR) is 65.1 cm³/mol. The Labute approximate surface area is 105 Å². The van der Waals surface area contributed by atoms with E-state index in [0.29, 0.717) is 19.9 Å². The van der Waals surface area contributed by atoms with Crippen molar-refractivity contribution in [2.45, 2.75) is 0 Å². The lowest BCUT2D eigenvalue weighted by molar-refractivity contribution is 1.22. The van der Waals surface area contributed by atoms with Crippen molar-refractivity contribution in [3.63, 3.8) is 0 Å². The number of hydrogen-bond acceptors (Lipinski definition) is 3. The van der Waals surface area contributed by atoms with Gasteiger partial charge in [0.2, 0.25) is 0 Å². The summed E-state index contributed by atoms with van der Waals surface area (Å²) in [5.74, 6) is 0. The smallest absolute Gasteiger partial charge is 0.266 e. The topological polar surface area (TPSA) is 56.6 Å². The normalized spacial score (nSPS) is 10.1. The van der Waals surface area contributed by atoms with E-state index in [4.69, 9.17) is 28.5 Å². The molecule has 0 radical (unpaired) electrons. The van der Waals surface area contributed by atoms with E-state index in [-0.39, 0.29) is 5.56 Å². The summed E-state index contributed by atoms with van der Waals surface area (Å²) < 4.78 is 1.05. The molecule has 0 unspecified atom stereocenters. The van der Waals surface area contributed by atoms with Crippen molar-refractivity contribution in [2.24, 2.45) is 0 Å². The number of nitrogens with one attached hydrogen (secondary N) is 1. The second-order valence-electron chi connectivity index (χ2n) is 2.96. The first-order valence-corrected chi connectivity index (χ1v) is 5.77. The number of nitriles is 1. The van der Waals surface area contributed by atoms with Crippen LogP contribution in [0, 0.1) is 11.3 Å². The number of pyridine rings is 1. The van der Waals surface area contributed by atoms with Crippen LogP contribution in [-0.4, -0.2) is 4.98 Å². The lowest BCUT2D eigenvalue weighted by atomic mass is 10.2. The summed E-state index contributed by atoms with van der Waals surface area (Å²) in [6.07, 6.45) is 0. The van der Waals surface area contributed by atoms with Gasteiger partial charge in [0.05, 0.1) is 10.0 Å². The minimum atomic E-state index is -0.432. The number of halogens is 2. The number of aromatic amines is 1. The molecule has 0 atom stereocenters. The van der Waals surface area contributed by atoms with Crippen molar-refractivity contribution in [3.8, 4) is 17.3 Å². The van der Waals surface area contributed by atoms with Crippen LogP contribution in [0.1, 0.15) is 5.56 Å². The van der Waals surface area contributed by atoms with E-state index in [0.717, 1.165) is 0 Å². The van der Waals surface area contributed by atoms with Crippen LogP contribution in [0.15, 0.2) is 23.0 Å². The fraction of sp³-hybridized carbons (Fsp3) is 0. The molecule has 80 valence electrons. The second-order valence-corrected chi connectivity index (χ2v) is 5.25. The Balaban J connectivity index is 2.59. The third kappa shape index (κ3) is 1.98. The molecule has 2 heterocycles. The molecule has 0 amide bonds. The van der Waals surface area contributed by atoms with E-state index < -0.39 is 5.56 Å². The van der Waals surface area contributed by atoms with Crippen molar-refractivity contribution in [3.05, 3.63) is 42.8 Å². The Kier molecular flexibility index (Phi) is 3.01. The van der Waals surface area contributed by atoms with Crippen LogP contribution in [0.4, 0.5) is 0 Å². The zero-order valence-electron chi connectivity index (χ0n) is 7.75. The van der Waals surface area contributed by atoms with E-state index in [2.05, 4.69) is 4.98 Å². The molecule has 2 rings (SSSR count). The molecule has 0 aliphatic rings. The van der Waals surface area contributed by atoms with Crippen LogP contribution >= 0.6 is 34.5 Å². The maximum Gasteiger partial charge on any atom is 0.266 e. The molecular formula is C10H4Cl2N2OS. The molecule has 0 bridgehead atoms. The van der Waals surface area contributed by atoms with E-state index in [1.165, 1.54) is 17.4 Å². The van der Waals surface area contributed by atoms with E-state index in [9.17, 15) is 4.79 Å². The van der Waals surface area contributed by atoms with Crippen LogP contribution in [0.2, 0.25) is 8.67 Å². The fourth-order valence-corrected chi connectivity index (χ4v) is 2.73. The maximum atomic E-state index is 11.4. The highest BCUT2D eigenvalue weighted by Crippen LogP contribution is 2.36. The molecule has 16 heavy (non-hydrogen) atoms.